The van der Waals surface area contributed by atoms with Gasteiger partial charge in [-0.2, -0.15) is 0 Å². The van der Waals surface area contributed by atoms with Crippen LogP contribution in [-0.4, -0.2) is 11.1 Å². The number of aliphatic carboxylic acids is 1. The molecule has 1 rings (SSSR count). The van der Waals surface area contributed by atoms with E-state index in [1.807, 2.05) is 0 Å². The first-order chi connectivity index (χ1) is 8.52. The van der Waals surface area contributed by atoms with Crippen molar-refractivity contribution in [2.45, 2.75) is 85.0 Å². The van der Waals surface area contributed by atoms with Crippen molar-refractivity contribution in [2.75, 3.05) is 0 Å². The first-order valence-electron chi connectivity index (χ1n) is 7.76. The second kappa shape index (κ2) is 6.58. The molecule has 1 fully saturated rings. The van der Waals surface area contributed by atoms with E-state index in [9.17, 15) is 9.90 Å². The van der Waals surface area contributed by atoms with Gasteiger partial charge in [0.2, 0.25) is 0 Å². The third kappa shape index (κ3) is 2.89. The fourth-order valence-corrected chi connectivity index (χ4v) is 3.75. The molecule has 0 spiro atoms. The molecule has 0 radical (unpaired) electrons. The molecule has 0 aliphatic heterocycles. The summed E-state index contributed by atoms with van der Waals surface area (Å²) in [6.07, 6.45) is 11.0. The highest BCUT2D eigenvalue weighted by Crippen LogP contribution is 2.55. The molecule has 0 aromatic heterocycles. The van der Waals surface area contributed by atoms with Crippen molar-refractivity contribution in [1.29, 1.82) is 0 Å². The summed E-state index contributed by atoms with van der Waals surface area (Å²) >= 11 is 0. The van der Waals surface area contributed by atoms with Crippen LogP contribution in [-0.2, 0) is 4.79 Å². The molecule has 0 amide bonds. The predicted octanol–water partition coefficient (Wildman–Crippen LogP) is 5.02. The Morgan fingerprint density at radius 1 is 1.17 bits per heavy atom. The summed E-state index contributed by atoms with van der Waals surface area (Å²) in [6, 6.07) is 0. The van der Waals surface area contributed by atoms with Crippen LogP contribution in [0.3, 0.4) is 0 Å². The van der Waals surface area contributed by atoms with E-state index in [0.29, 0.717) is 0 Å². The van der Waals surface area contributed by atoms with Gasteiger partial charge in [-0.1, -0.05) is 59.3 Å². The monoisotopic (exact) mass is 254 g/mol. The highest BCUT2D eigenvalue weighted by atomic mass is 16.4. The second-order valence-electron chi connectivity index (χ2n) is 6.32. The SMILES string of the molecule is CCCCCCC(C)(CC)C1(C(=O)O)CCCC1. The van der Waals surface area contributed by atoms with Crippen LogP contribution in [0.1, 0.15) is 85.0 Å². The van der Waals surface area contributed by atoms with Gasteiger partial charge in [-0.25, -0.2) is 0 Å². The van der Waals surface area contributed by atoms with E-state index >= 15 is 0 Å². The van der Waals surface area contributed by atoms with Crippen LogP contribution in [0.4, 0.5) is 0 Å². The zero-order chi connectivity index (χ0) is 13.6. The second-order valence-corrected chi connectivity index (χ2v) is 6.32. The smallest absolute Gasteiger partial charge is 0.310 e. The predicted molar refractivity (Wildman–Crippen MR) is 75.7 cm³/mol. The number of hydrogen-bond donors (Lipinski definition) is 1. The van der Waals surface area contributed by atoms with Crippen LogP contribution >= 0.6 is 0 Å². The molecule has 0 heterocycles. The first kappa shape index (κ1) is 15.5. The lowest BCUT2D eigenvalue weighted by Gasteiger charge is -2.43. The molecule has 1 aliphatic carbocycles. The first-order valence-corrected chi connectivity index (χ1v) is 7.76. The lowest BCUT2D eigenvalue weighted by molar-refractivity contribution is -0.158. The highest BCUT2D eigenvalue weighted by molar-refractivity contribution is 5.76. The minimum absolute atomic E-state index is 0.0108. The molecule has 1 aliphatic rings. The summed E-state index contributed by atoms with van der Waals surface area (Å²) in [4.78, 5) is 11.8. The Hall–Kier alpha value is -0.530. The third-order valence-corrected chi connectivity index (χ3v) is 5.38. The van der Waals surface area contributed by atoms with Crippen molar-refractivity contribution in [2.24, 2.45) is 10.8 Å². The summed E-state index contributed by atoms with van der Waals surface area (Å²) in [6.45, 7) is 6.61. The maximum absolute atomic E-state index is 11.8. The number of carboxylic acid groups (broad SMARTS) is 1. The van der Waals surface area contributed by atoms with Crippen molar-refractivity contribution in [1.82, 2.24) is 0 Å². The normalized spacial score (nSPS) is 21.7. The van der Waals surface area contributed by atoms with Crippen LogP contribution in [0.2, 0.25) is 0 Å². The molecule has 0 aromatic carbocycles. The molecule has 1 saturated carbocycles. The summed E-state index contributed by atoms with van der Waals surface area (Å²) in [5.74, 6) is -0.542. The third-order valence-electron chi connectivity index (χ3n) is 5.38. The molecule has 106 valence electrons. The van der Waals surface area contributed by atoms with Crippen LogP contribution in [0.15, 0.2) is 0 Å². The van der Waals surface area contributed by atoms with Crippen LogP contribution in [0, 0.1) is 10.8 Å². The largest absolute Gasteiger partial charge is 0.481 e. The average molecular weight is 254 g/mol. The van der Waals surface area contributed by atoms with E-state index in [-0.39, 0.29) is 5.41 Å². The molecular formula is C16H30O2. The zero-order valence-corrected chi connectivity index (χ0v) is 12.4. The Bertz CT molecular complexity index is 266. The van der Waals surface area contributed by atoms with E-state index in [2.05, 4.69) is 20.8 Å². The quantitative estimate of drug-likeness (QED) is 0.618. The standard InChI is InChI=1S/C16H30O2/c1-4-6-7-8-11-15(3,5-2)16(14(17)18)12-9-10-13-16/h4-13H2,1-3H3,(H,17,18). The summed E-state index contributed by atoms with van der Waals surface area (Å²) < 4.78 is 0. The van der Waals surface area contributed by atoms with Gasteiger partial charge in [0.1, 0.15) is 0 Å². The summed E-state index contributed by atoms with van der Waals surface area (Å²) in [7, 11) is 0. The molecule has 0 saturated heterocycles. The van der Waals surface area contributed by atoms with Gasteiger partial charge in [-0.3, -0.25) is 4.79 Å². The number of carbonyl (C=O) groups is 1. The molecule has 1 unspecified atom stereocenters. The lowest BCUT2D eigenvalue weighted by atomic mass is 9.59. The van der Waals surface area contributed by atoms with Gasteiger partial charge in [0.15, 0.2) is 0 Å². The van der Waals surface area contributed by atoms with E-state index in [1.54, 1.807) is 0 Å². The number of unbranched alkanes of at least 4 members (excludes halogenated alkanes) is 3. The number of rotatable bonds is 8. The van der Waals surface area contributed by atoms with Crippen molar-refractivity contribution < 1.29 is 9.90 Å². The Morgan fingerprint density at radius 2 is 1.78 bits per heavy atom. The minimum atomic E-state index is -0.542. The Kier molecular flexibility index (Phi) is 5.68. The summed E-state index contributed by atoms with van der Waals surface area (Å²) in [5, 5.41) is 9.73. The highest BCUT2D eigenvalue weighted by Gasteiger charge is 2.53. The zero-order valence-electron chi connectivity index (χ0n) is 12.4. The van der Waals surface area contributed by atoms with Crippen molar-refractivity contribution in [3.05, 3.63) is 0 Å². The van der Waals surface area contributed by atoms with Crippen LogP contribution in [0.25, 0.3) is 0 Å². The van der Waals surface area contributed by atoms with E-state index in [1.165, 1.54) is 25.7 Å². The maximum atomic E-state index is 11.8. The molecule has 2 nitrogen and oxygen atoms in total. The molecular weight excluding hydrogens is 224 g/mol. The maximum Gasteiger partial charge on any atom is 0.310 e. The number of carboxylic acids is 1. The van der Waals surface area contributed by atoms with Crippen molar-refractivity contribution in [3.63, 3.8) is 0 Å². The Morgan fingerprint density at radius 3 is 2.22 bits per heavy atom. The molecule has 1 atom stereocenters. The van der Waals surface area contributed by atoms with Crippen LogP contribution in [0.5, 0.6) is 0 Å². The van der Waals surface area contributed by atoms with Gasteiger partial charge in [-0.15, -0.1) is 0 Å². The van der Waals surface area contributed by atoms with Gasteiger partial charge in [0, 0.05) is 0 Å². The van der Waals surface area contributed by atoms with Gasteiger partial charge < -0.3 is 5.11 Å². The topological polar surface area (TPSA) is 37.3 Å². The van der Waals surface area contributed by atoms with Gasteiger partial charge in [0.25, 0.3) is 0 Å². The Labute approximate surface area is 112 Å². The lowest BCUT2D eigenvalue weighted by Crippen LogP contribution is -2.44. The van der Waals surface area contributed by atoms with Gasteiger partial charge in [-0.05, 0) is 31.1 Å². The molecule has 0 bridgehead atoms. The molecule has 2 heteroatoms. The fourth-order valence-electron chi connectivity index (χ4n) is 3.75. The van der Waals surface area contributed by atoms with E-state index in [0.717, 1.165) is 38.5 Å². The molecule has 1 N–H and O–H groups in total. The van der Waals surface area contributed by atoms with Crippen molar-refractivity contribution in [3.8, 4) is 0 Å². The van der Waals surface area contributed by atoms with Crippen LogP contribution < -0.4 is 0 Å². The molecule has 18 heavy (non-hydrogen) atoms. The van der Waals surface area contributed by atoms with Gasteiger partial charge in [0.05, 0.1) is 5.41 Å². The fraction of sp³-hybridized carbons (Fsp3) is 0.938. The molecule has 0 aromatic rings. The van der Waals surface area contributed by atoms with Crippen molar-refractivity contribution >= 4 is 5.97 Å². The van der Waals surface area contributed by atoms with Gasteiger partial charge >= 0.3 is 5.97 Å². The average Bonchev–Trinajstić information content (AvgIpc) is 2.85. The van der Waals surface area contributed by atoms with E-state index in [4.69, 9.17) is 0 Å². The Balaban J connectivity index is 2.74. The minimum Gasteiger partial charge on any atom is -0.481 e. The number of hydrogen-bond acceptors (Lipinski definition) is 1. The summed E-state index contributed by atoms with van der Waals surface area (Å²) in [5.41, 5.74) is -0.447. The van der Waals surface area contributed by atoms with E-state index < -0.39 is 11.4 Å².